The third kappa shape index (κ3) is 8.81. The molecule has 0 fully saturated rings. The van der Waals surface area contributed by atoms with E-state index in [9.17, 15) is 9.59 Å². The lowest BCUT2D eigenvalue weighted by molar-refractivity contribution is -0.123. The van der Waals surface area contributed by atoms with Gasteiger partial charge in [0.15, 0.2) is 0 Å². The van der Waals surface area contributed by atoms with E-state index < -0.39 is 6.04 Å². The van der Waals surface area contributed by atoms with Crippen LogP contribution in [-0.2, 0) is 17.8 Å². The van der Waals surface area contributed by atoms with Crippen molar-refractivity contribution in [2.24, 2.45) is 0 Å². The predicted octanol–water partition coefficient (Wildman–Crippen LogP) is 6.03. The first-order valence-corrected chi connectivity index (χ1v) is 13.7. The van der Waals surface area contributed by atoms with Crippen LogP contribution in [0.1, 0.15) is 34.3 Å². The number of halogens is 1. The first-order valence-electron chi connectivity index (χ1n) is 13.3. The van der Waals surface area contributed by atoms with Crippen molar-refractivity contribution >= 4 is 23.4 Å². The lowest BCUT2D eigenvalue weighted by atomic mass is 9.98. The molecular weight excluding hydrogens is 506 g/mol. The lowest BCUT2D eigenvalue weighted by Gasteiger charge is -2.20. The highest BCUT2D eigenvalue weighted by Gasteiger charge is 2.22. The normalized spacial score (nSPS) is 11.5. The number of rotatable bonds is 13. The Hall–Kier alpha value is -3.93. The maximum Gasteiger partial charge on any atom is 0.252 e. The van der Waals surface area contributed by atoms with Crippen LogP contribution in [0.3, 0.4) is 0 Å². The van der Waals surface area contributed by atoms with Crippen LogP contribution in [0.25, 0.3) is 11.1 Å². The van der Waals surface area contributed by atoms with Crippen LogP contribution in [-0.4, -0.2) is 30.9 Å². The highest BCUT2D eigenvalue weighted by molar-refractivity contribution is 6.30. The molecule has 0 bridgehead atoms. The van der Waals surface area contributed by atoms with Gasteiger partial charge in [-0.05, 0) is 66.3 Å². The number of carbonyl (C=O) groups is 2. The SMILES string of the molecule is O=C(N[C@@H](CCCNCc1ccc(Cl)cc1)C(=O)NCCc1ccccc1)c1ccccc1-c1ccccc1. The summed E-state index contributed by atoms with van der Waals surface area (Å²) in [7, 11) is 0. The van der Waals surface area contributed by atoms with Gasteiger partial charge in [-0.2, -0.15) is 0 Å². The Balaban J connectivity index is 1.38. The fraction of sp³-hybridized carbons (Fsp3) is 0.212. The fourth-order valence-electron chi connectivity index (χ4n) is 4.42. The van der Waals surface area contributed by atoms with Gasteiger partial charge in [0, 0.05) is 23.7 Å². The van der Waals surface area contributed by atoms with Gasteiger partial charge < -0.3 is 16.0 Å². The predicted molar refractivity (Wildman–Crippen MR) is 159 cm³/mol. The Morgan fingerprint density at radius 2 is 1.38 bits per heavy atom. The molecule has 6 heteroatoms. The smallest absolute Gasteiger partial charge is 0.252 e. The minimum Gasteiger partial charge on any atom is -0.354 e. The number of amides is 2. The van der Waals surface area contributed by atoms with E-state index in [1.165, 1.54) is 0 Å². The van der Waals surface area contributed by atoms with Gasteiger partial charge in [-0.15, -0.1) is 0 Å². The summed E-state index contributed by atoms with van der Waals surface area (Å²) in [5.41, 5.74) is 4.63. The summed E-state index contributed by atoms with van der Waals surface area (Å²) in [6.45, 7) is 1.93. The van der Waals surface area contributed by atoms with Gasteiger partial charge in [0.2, 0.25) is 5.91 Å². The van der Waals surface area contributed by atoms with Gasteiger partial charge in [-0.25, -0.2) is 0 Å². The molecule has 4 aromatic carbocycles. The molecule has 39 heavy (non-hydrogen) atoms. The van der Waals surface area contributed by atoms with Gasteiger partial charge in [0.05, 0.1) is 0 Å². The molecule has 0 saturated carbocycles. The van der Waals surface area contributed by atoms with Crippen molar-refractivity contribution in [1.82, 2.24) is 16.0 Å². The maximum atomic E-state index is 13.4. The Morgan fingerprint density at radius 3 is 2.13 bits per heavy atom. The number of hydrogen-bond acceptors (Lipinski definition) is 3. The van der Waals surface area contributed by atoms with Crippen LogP contribution in [0.4, 0.5) is 0 Å². The average molecular weight is 540 g/mol. The monoisotopic (exact) mass is 539 g/mol. The molecule has 1 atom stereocenters. The zero-order valence-electron chi connectivity index (χ0n) is 21.9. The number of nitrogens with one attached hydrogen (secondary N) is 3. The molecule has 0 spiro atoms. The topological polar surface area (TPSA) is 70.2 Å². The van der Waals surface area contributed by atoms with Crippen LogP contribution in [0, 0.1) is 0 Å². The maximum absolute atomic E-state index is 13.4. The lowest BCUT2D eigenvalue weighted by Crippen LogP contribution is -2.47. The fourth-order valence-corrected chi connectivity index (χ4v) is 4.55. The Labute approximate surface area is 235 Å². The molecule has 0 aromatic heterocycles. The molecule has 3 N–H and O–H groups in total. The van der Waals surface area contributed by atoms with Crippen molar-refractivity contribution in [3.8, 4) is 11.1 Å². The zero-order chi connectivity index (χ0) is 27.3. The van der Waals surface area contributed by atoms with E-state index in [-0.39, 0.29) is 11.8 Å². The molecule has 2 amide bonds. The summed E-state index contributed by atoms with van der Waals surface area (Å²) in [6.07, 6.45) is 1.97. The summed E-state index contributed by atoms with van der Waals surface area (Å²) < 4.78 is 0. The van der Waals surface area contributed by atoms with Crippen LogP contribution < -0.4 is 16.0 Å². The molecule has 4 aromatic rings. The first kappa shape index (κ1) is 28.1. The van der Waals surface area contributed by atoms with E-state index in [0.717, 1.165) is 35.1 Å². The second kappa shape index (κ2) is 14.9. The molecule has 0 aliphatic carbocycles. The van der Waals surface area contributed by atoms with E-state index in [2.05, 4.69) is 16.0 Å². The number of carbonyl (C=O) groups excluding carboxylic acids is 2. The minimum atomic E-state index is -0.644. The summed E-state index contributed by atoms with van der Waals surface area (Å²) >= 11 is 5.97. The second-order valence-corrected chi connectivity index (χ2v) is 9.85. The van der Waals surface area contributed by atoms with Gasteiger partial charge in [0.25, 0.3) is 5.91 Å². The van der Waals surface area contributed by atoms with Crippen molar-refractivity contribution in [1.29, 1.82) is 0 Å². The summed E-state index contributed by atoms with van der Waals surface area (Å²) in [5, 5.41) is 10.2. The largest absolute Gasteiger partial charge is 0.354 e. The Morgan fingerprint density at radius 1 is 0.718 bits per heavy atom. The average Bonchev–Trinajstić information content (AvgIpc) is 2.98. The molecular formula is C33H34ClN3O2. The van der Waals surface area contributed by atoms with Gasteiger partial charge in [-0.3, -0.25) is 9.59 Å². The van der Waals surface area contributed by atoms with Crippen molar-refractivity contribution in [2.45, 2.75) is 31.8 Å². The Kier molecular flexibility index (Phi) is 10.7. The third-order valence-corrected chi connectivity index (χ3v) is 6.77. The minimum absolute atomic E-state index is 0.172. The van der Waals surface area contributed by atoms with Crippen molar-refractivity contribution in [3.63, 3.8) is 0 Å². The van der Waals surface area contributed by atoms with Gasteiger partial charge in [0.1, 0.15) is 6.04 Å². The molecule has 0 unspecified atom stereocenters. The first-order chi connectivity index (χ1) is 19.1. The summed E-state index contributed by atoms with van der Waals surface area (Å²) in [5.74, 6) is -0.430. The van der Waals surface area contributed by atoms with Crippen molar-refractivity contribution in [2.75, 3.05) is 13.1 Å². The highest BCUT2D eigenvalue weighted by Crippen LogP contribution is 2.23. The van der Waals surface area contributed by atoms with E-state index in [0.29, 0.717) is 36.6 Å². The number of hydrogen-bond donors (Lipinski definition) is 3. The molecule has 200 valence electrons. The third-order valence-electron chi connectivity index (χ3n) is 6.52. The molecule has 0 heterocycles. The number of benzene rings is 4. The molecule has 4 rings (SSSR count). The summed E-state index contributed by atoms with van der Waals surface area (Å²) in [6, 6.07) is 34.4. The molecule has 0 saturated heterocycles. The quantitative estimate of drug-likeness (QED) is 0.182. The van der Waals surface area contributed by atoms with Gasteiger partial charge >= 0.3 is 0 Å². The Bertz CT molecular complexity index is 1330. The van der Waals surface area contributed by atoms with E-state index in [1.807, 2.05) is 103 Å². The summed E-state index contributed by atoms with van der Waals surface area (Å²) in [4.78, 5) is 26.6. The van der Waals surface area contributed by atoms with Crippen LogP contribution in [0.15, 0.2) is 109 Å². The van der Waals surface area contributed by atoms with Crippen molar-refractivity contribution in [3.05, 3.63) is 131 Å². The van der Waals surface area contributed by atoms with Gasteiger partial charge in [-0.1, -0.05) is 103 Å². The van der Waals surface area contributed by atoms with Crippen LogP contribution in [0.2, 0.25) is 5.02 Å². The highest BCUT2D eigenvalue weighted by atomic mass is 35.5. The standard InChI is InChI=1S/C33H34ClN3O2/c34-28-19-17-26(18-20-28)24-35-22-9-16-31(33(39)36-23-21-25-10-3-1-4-11-25)37-32(38)30-15-8-7-14-29(30)27-12-5-2-6-13-27/h1-8,10-15,17-20,31,35H,9,16,21-24H2,(H,36,39)(H,37,38)/t31-/m0/s1. The molecule has 0 radical (unpaired) electrons. The molecule has 0 aliphatic heterocycles. The van der Waals surface area contributed by atoms with E-state index in [4.69, 9.17) is 11.6 Å². The molecule has 5 nitrogen and oxygen atoms in total. The zero-order valence-corrected chi connectivity index (χ0v) is 22.7. The van der Waals surface area contributed by atoms with E-state index >= 15 is 0 Å². The van der Waals surface area contributed by atoms with E-state index in [1.54, 1.807) is 6.07 Å². The van der Waals surface area contributed by atoms with Crippen molar-refractivity contribution < 1.29 is 9.59 Å². The second-order valence-electron chi connectivity index (χ2n) is 9.41. The molecule has 0 aliphatic rings. The van der Waals surface area contributed by atoms with Crippen LogP contribution in [0.5, 0.6) is 0 Å². The van der Waals surface area contributed by atoms with Crippen LogP contribution >= 0.6 is 11.6 Å².